The average molecular weight is 426 g/mol. The highest BCUT2D eigenvalue weighted by Crippen LogP contribution is 2.33. The molecule has 2 aromatic carbocycles. The van der Waals surface area contributed by atoms with Gasteiger partial charge in [0, 0.05) is 23.3 Å². The van der Waals surface area contributed by atoms with E-state index in [0.717, 1.165) is 11.3 Å². The van der Waals surface area contributed by atoms with E-state index in [9.17, 15) is 14.7 Å². The van der Waals surface area contributed by atoms with Crippen LogP contribution in [0.15, 0.2) is 53.9 Å². The van der Waals surface area contributed by atoms with Crippen molar-refractivity contribution in [2.45, 2.75) is 18.8 Å². The number of anilines is 1. The van der Waals surface area contributed by atoms with E-state index in [4.69, 9.17) is 9.47 Å². The van der Waals surface area contributed by atoms with E-state index in [1.807, 2.05) is 35.7 Å². The first kappa shape index (κ1) is 21.3. The van der Waals surface area contributed by atoms with Crippen molar-refractivity contribution in [2.75, 3.05) is 19.5 Å². The van der Waals surface area contributed by atoms with Crippen LogP contribution < -0.4 is 14.8 Å². The standard InChI is InChI=1S/C22H22N2O5S/c1-28-18-9-8-15(10-19(18)29-2)16(12-21(26)27)11-20(25)24-22-23-17(13-30-22)14-6-4-3-5-7-14/h3-10,13,16H,11-12H2,1-2H3,(H,26,27)(H,23,24,25). The Labute approximate surface area is 178 Å². The lowest BCUT2D eigenvalue weighted by atomic mass is 9.92. The SMILES string of the molecule is COc1ccc(C(CC(=O)O)CC(=O)Nc2nc(-c3ccccc3)cs2)cc1OC. The van der Waals surface area contributed by atoms with Crippen LogP contribution in [0.2, 0.25) is 0 Å². The minimum absolute atomic E-state index is 0.00202. The Morgan fingerprint density at radius 3 is 2.47 bits per heavy atom. The molecule has 0 saturated heterocycles. The van der Waals surface area contributed by atoms with Crippen LogP contribution in [0.4, 0.5) is 5.13 Å². The number of benzene rings is 2. The first-order valence-corrected chi connectivity index (χ1v) is 10.1. The number of hydrogen-bond acceptors (Lipinski definition) is 6. The summed E-state index contributed by atoms with van der Waals surface area (Å²) in [5, 5.41) is 14.4. The second kappa shape index (κ2) is 9.89. The number of carboxylic acids is 1. The summed E-state index contributed by atoms with van der Waals surface area (Å²) in [7, 11) is 3.03. The third-order valence-corrected chi connectivity index (χ3v) is 5.31. The molecule has 0 radical (unpaired) electrons. The quantitative estimate of drug-likeness (QED) is 0.526. The van der Waals surface area contributed by atoms with Crippen molar-refractivity contribution in [3.8, 4) is 22.8 Å². The summed E-state index contributed by atoms with van der Waals surface area (Å²) < 4.78 is 10.5. The summed E-state index contributed by atoms with van der Waals surface area (Å²) >= 11 is 1.32. The molecule has 1 heterocycles. The number of carbonyl (C=O) groups is 2. The van der Waals surface area contributed by atoms with Crippen LogP contribution >= 0.6 is 11.3 Å². The molecule has 2 N–H and O–H groups in total. The zero-order valence-electron chi connectivity index (χ0n) is 16.6. The predicted molar refractivity (Wildman–Crippen MR) is 115 cm³/mol. The van der Waals surface area contributed by atoms with Crippen molar-refractivity contribution >= 4 is 28.3 Å². The first-order chi connectivity index (χ1) is 14.5. The van der Waals surface area contributed by atoms with Gasteiger partial charge in [0.1, 0.15) is 0 Å². The largest absolute Gasteiger partial charge is 0.493 e. The molecule has 7 nitrogen and oxygen atoms in total. The molecule has 0 fully saturated rings. The van der Waals surface area contributed by atoms with Crippen molar-refractivity contribution < 1.29 is 24.2 Å². The van der Waals surface area contributed by atoms with E-state index < -0.39 is 11.9 Å². The van der Waals surface area contributed by atoms with Crippen LogP contribution in [0.3, 0.4) is 0 Å². The van der Waals surface area contributed by atoms with Gasteiger partial charge in [-0.3, -0.25) is 9.59 Å². The van der Waals surface area contributed by atoms with Gasteiger partial charge in [0.15, 0.2) is 16.6 Å². The second-order valence-corrected chi connectivity index (χ2v) is 7.42. The van der Waals surface area contributed by atoms with Crippen LogP contribution in [0, 0.1) is 0 Å². The normalized spacial score (nSPS) is 11.5. The Hall–Kier alpha value is -3.39. The molecule has 1 atom stereocenters. The van der Waals surface area contributed by atoms with E-state index in [0.29, 0.717) is 22.2 Å². The summed E-state index contributed by atoms with van der Waals surface area (Å²) in [6.07, 6.45) is -0.182. The lowest BCUT2D eigenvalue weighted by molar-refractivity contribution is -0.137. The van der Waals surface area contributed by atoms with Gasteiger partial charge in [-0.25, -0.2) is 4.98 Å². The molecule has 0 spiro atoms. The molecule has 1 aromatic heterocycles. The zero-order chi connectivity index (χ0) is 21.5. The van der Waals surface area contributed by atoms with Gasteiger partial charge < -0.3 is 19.9 Å². The van der Waals surface area contributed by atoms with Gasteiger partial charge in [-0.1, -0.05) is 36.4 Å². The molecule has 1 unspecified atom stereocenters. The Kier molecular flexibility index (Phi) is 7.03. The van der Waals surface area contributed by atoms with Crippen LogP contribution in [-0.2, 0) is 9.59 Å². The van der Waals surface area contributed by atoms with Crippen LogP contribution in [0.1, 0.15) is 24.3 Å². The molecule has 30 heavy (non-hydrogen) atoms. The Bertz CT molecular complexity index is 1020. The molecule has 0 aliphatic rings. The molecular weight excluding hydrogens is 404 g/mol. The number of rotatable bonds is 9. The Morgan fingerprint density at radius 1 is 1.07 bits per heavy atom. The van der Waals surface area contributed by atoms with E-state index in [1.54, 1.807) is 18.2 Å². The minimum atomic E-state index is -0.983. The lowest BCUT2D eigenvalue weighted by Crippen LogP contribution is -2.17. The predicted octanol–water partition coefficient (Wildman–Crippen LogP) is 4.41. The van der Waals surface area contributed by atoms with Crippen LogP contribution in [-0.4, -0.2) is 36.2 Å². The zero-order valence-corrected chi connectivity index (χ0v) is 17.4. The van der Waals surface area contributed by atoms with Crippen LogP contribution in [0.25, 0.3) is 11.3 Å². The number of nitrogens with one attached hydrogen (secondary N) is 1. The maximum Gasteiger partial charge on any atom is 0.303 e. The summed E-state index contributed by atoms with van der Waals surface area (Å²) in [4.78, 5) is 28.4. The smallest absolute Gasteiger partial charge is 0.303 e. The monoisotopic (exact) mass is 426 g/mol. The molecule has 3 aromatic rings. The van der Waals surface area contributed by atoms with Gasteiger partial charge >= 0.3 is 5.97 Å². The number of aliphatic carboxylic acids is 1. The number of methoxy groups -OCH3 is 2. The molecule has 1 amide bonds. The third-order valence-electron chi connectivity index (χ3n) is 4.55. The molecule has 0 saturated carbocycles. The summed E-state index contributed by atoms with van der Waals surface area (Å²) in [5.74, 6) is -0.779. The first-order valence-electron chi connectivity index (χ1n) is 9.24. The number of aromatic nitrogens is 1. The van der Waals surface area contributed by atoms with Crippen LogP contribution in [0.5, 0.6) is 11.5 Å². The number of ether oxygens (including phenoxy) is 2. The Morgan fingerprint density at radius 2 is 1.80 bits per heavy atom. The van der Waals surface area contributed by atoms with Crippen molar-refractivity contribution in [3.63, 3.8) is 0 Å². The average Bonchev–Trinajstić information content (AvgIpc) is 3.21. The van der Waals surface area contributed by atoms with Crippen molar-refractivity contribution in [2.24, 2.45) is 0 Å². The van der Waals surface area contributed by atoms with Gasteiger partial charge in [-0.15, -0.1) is 11.3 Å². The maximum absolute atomic E-state index is 12.6. The number of thiazole rings is 1. The number of nitrogens with zero attached hydrogens (tertiary/aromatic N) is 1. The molecule has 8 heteroatoms. The topological polar surface area (TPSA) is 97.8 Å². The van der Waals surface area contributed by atoms with Crippen molar-refractivity contribution in [3.05, 3.63) is 59.5 Å². The number of carboxylic acid groups (broad SMARTS) is 1. The van der Waals surface area contributed by atoms with E-state index >= 15 is 0 Å². The number of amides is 1. The molecule has 156 valence electrons. The lowest BCUT2D eigenvalue weighted by Gasteiger charge is -2.17. The van der Waals surface area contributed by atoms with Gasteiger partial charge in [0.25, 0.3) is 0 Å². The van der Waals surface area contributed by atoms with Gasteiger partial charge in [0.05, 0.1) is 26.3 Å². The van der Waals surface area contributed by atoms with E-state index in [2.05, 4.69) is 10.3 Å². The van der Waals surface area contributed by atoms with Gasteiger partial charge in [-0.2, -0.15) is 0 Å². The van der Waals surface area contributed by atoms with Gasteiger partial charge in [-0.05, 0) is 17.7 Å². The highest BCUT2D eigenvalue weighted by Gasteiger charge is 2.22. The molecule has 0 bridgehead atoms. The molecule has 0 aliphatic heterocycles. The van der Waals surface area contributed by atoms with Gasteiger partial charge in [0.2, 0.25) is 5.91 Å². The molecular formula is C22H22N2O5S. The third kappa shape index (κ3) is 5.36. The number of carbonyl (C=O) groups excluding carboxylic acids is 1. The highest BCUT2D eigenvalue weighted by atomic mass is 32.1. The van der Waals surface area contributed by atoms with Crippen molar-refractivity contribution in [1.82, 2.24) is 4.98 Å². The fourth-order valence-electron chi connectivity index (χ4n) is 3.09. The minimum Gasteiger partial charge on any atom is -0.493 e. The van der Waals surface area contributed by atoms with Crippen molar-refractivity contribution in [1.29, 1.82) is 0 Å². The maximum atomic E-state index is 12.6. The number of hydrogen-bond donors (Lipinski definition) is 2. The Balaban J connectivity index is 1.73. The highest BCUT2D eigenvalue weighted by molar-refractivity contribution is 7.14. The summed E-state index contributed by atoms with van der Waals surface area (Å²) in [6, 6.07) is 14.8. The molecule has 0 aliphatic carbocycles. The second-order valence-electron chi connectivity index (χ2n) is 6.57. The summed E-state index contributed by atoms with van der Waals surface area (Å²) in [5.41, 5.74) is 2.43. The van der Waals surface area contributed by atoms with E-state index in [-0.39, 0.29) is 18.7 Å². The van der Waals surface area contributed by atoms with E-state index in [1.165, 1.54) is 25.6 Å². The fourth-order valence-corrected chi connectivity index (χ4v) is 3.83. The summed E-state index contributed by atoms with van der Waals surface area (Å²) in [6.45, 7) is 0. The fraction of sp³-hybridized carbons (Fsp3) is 0.227. The molecule has 3 rings (SSSR count).